The number of aromatic amines is 1. The highest BCUT2D eigenvalue weighted by Crippen LogP contribution is 2.27. The molecular formula is C16H13NO3. The van der Waals surface area contributed by atoms with Crippen molar-refractivity contribution < 1.29 is 14.3 Å². The van der Waals surface area contributed by atoms with Crippen LogP contribution in [0.4, 0.5) is 0 Å². The van der Waals surface area contributed by atoms with Crippen LogP contribution in [0.25, 0.3) is 10.9 Å². The number of aromatic nitrogens is 1. The van der Waals surface area contributed by atoms with Gasteiger partial charge < -0.3 is 14.5 Å². The highest BCUT2D eigenvalue weighted by molar-refractivity contribution is 6.04. The van der Waals surface area contributed by atoms with Gasteiger partial charge in [-0.25, -0.2) is 4.79 Å². The fraction of sp³-hybridized carbons (Fsp3) is 0.0625. The highest BCUT2D eigenvalue weighted by atomic mass is 16.5. The molecule has 0 amide bonds. The van der Waals surface area contributed by atoms with E-state index in [0.29, 0.717) is 11.3 Å². The number of para-hydroxylation sites is 1. The molecule has 0 saturated carbocycles. The molecule has 2 aromatic carbocycles. The molecule has 1 heterocycles. The summed E-state index contributed by atoms with van der Waals surface area (Å²) in [5.74, 6) is 1.06. The Hall–Kier alpha value is -2.75. The largest absolute Gasteiger partial charge is 0.465 e. The predicted octanol–water partition coefficient (Wildman–Crippen LogP) is 3.75. The van der Waals surface area contributed by atoms with Gasteiger partial charge >= 0.3 is 5.97 Å². The molecule has 1 N–H and O–H groups in total. The number of H-pyrrole nitrogens is 1. The molecule has 3 aromatic rings. The Labute approximate surface area is 115 Å². The lowest BCUT2D eigenvalue weighted by Crippen LogP contribution is -1.99. The van der Waals surface area contributed by atoms with E-state index in [-0.39, 0.29) is 5.97 Å². The normalized spacial score (nSPS) is 10.4. The molecule has 20 heavy (non-hydrogen) atoms. The van der Waals surface area contributed by atoms with Gasteiger partial charge in [-0.05, 0) is 30.3 Å². The summed E-state index contributed by atoms with van der Waals surface area (Å²) in [6, 6.07) is 15.1. The number of nitrogens with one attached hydrogen (secondary N) is 1. The third-order valence-electron chi connectivity index (χ3n) is 3.04. The Morgan fingerprint density at radius 1 is 1.05 bits per heavy atom. The lowest BCUT2D eigenvalue weighted by molar-refractivity contribution is 0.0603. The fourth-order valence-electron chi connectivity index (χ4n) is 2.07. The van der Waals surface area contributed by atoms with E-state index in [1.54, 1.807) is 6.20 Å². The lowest BCUT2D eigenvalue weighted by Gasteiger charge is -2.05. The number of fused-ring (bicyclic) bond motifs is 1. The van der Waals surface area contributed by atoms with Gasteiger partial charge in [-0.1, -0.05) is 18.2 Å². The van der Waals surface area contributed by atoms with Crippen LogP contribution in [0.3, 0.4) is 0 Å². The quantitative estimate of drug-likeness (QED) is 0.735. The van der Waals surface area contributed by atoms with Crippen molar-refractivity contribution in [2.24, 2.45) is 0 Å². The van der Waals surface area contributed by atoms with Gasteiger partial charge in [0.1, 0.15) is 11.5 Å². The third-order valence-corrected chi connectivity index (χ3v) is 3.04. The van der Waals surface area contributed by atoms with E-state index >= 15 is 0 Å². The van der Waals surface area contributed by atoms with Crippen molar-refractivity contribution in [2.45, 2.75) is 0 Å². The van der Waals surface area contributed by atoms with Crippen LogP contribution < -0.4 is 4.74 Å². The van der Waals surface area contributed by atoms with Gasteiger partial charge in [0.25, 0.3) is 0 Å². The van der Waals surface area contributed by atoms with Crippen molar-refractivity contribution in [2.75, 3.05) is 7.11 Å². The number of hydrogen-bond donors (Lipinski definition) is 1. The van der Waals surface area contributed by atoms with E-state index in [9.17, 15) is 4.79 Å². The first-order valence-corrected chi connectivity index (χ1v) is 6.20. The summed E-state index contributed by atoms with van der Waals surface area (Å²) < 4.78 is 10.5. The number of carbonyl (C=O) groups excluding carboxylic acids is 1. The fourth-order valence-corrected chi connectivity index (χ4v) is 2.07. The van der Waals surface area contributed by atoms with E-state index in [1.807, 2.05) is 48.5 Å². The van der Waals surface area contributed by atoms with Gasteiger partial charge in [-0.15, -0.1) is 0 Å². The first kappa shape index (κ1) is 12.3. The van der Waals surface area contributed by atoms with Gasteiger partial charge in [0.05, 0.1) is 12.7 Å². The van der Waals surface area contributed by atoms with Crippen molar-refractivity contribution in [1.82, 2.24) is 4.98 Å². The van der Waals surface area contributed by atoms with Gasteiger partial charge in [0.15, 0.2) is 0 Å². The molecule has 0 aliphatic rings. The van der Waals surface area contributed by atoms with Gasteiger partial charge in [-0.2, -0.15) is 0 Å². The molecule has 4 nitrogen and oxygen atoms in total. The maximum absolute atomic E-state index is 11.7. The maximum atomic E-state index is 11.7. The highest BCUT2D eigenvalue weighted by Gasteiger charge is 2.12. The van der Waals surface area contributed by atoms with E-state index in [2.05, 4.69) is 4.98 Å². The standard InChI is InChI=1S/C16H13NO3/c1-19-16(18)14-10-17-15-8-7-12(9-13(14)15)20-11-5-3-2-4-6-11/h2-10,17H,1H3. The van der Waals surface area contributed by atoms with Crippen LogP contribution in [-0.2, 0) is 4.74 Å². The molecule has 0 radical (unpaired) electrons. The summed E-state index contributed by atoms with van der Waals surface area (Å²) in [6.07, 6.45) is 1.64. The second-order valence-corrected chi connectivity index (χ2v) is 4.32. The van der Waals surface area contributed by atoms with Gasteiger partial charge in [-0.3, -0.25) is 0 Å². The van der Waals surface area contributed by atoms with Crippen LogP contribution in [0.1, 0.15) is 10.4 Å². The van der Waals surface area contributed by atoms with Crippen molar-refractivity contribution in [3.8, 4) is 11.5 Å². The van der Waals surface area contributed by atoms with Crippen LogP contribution in [0, 0.1) is 0 Å². The van der Waals surface area contributed by atoms with Crippen molar-refractivity contribution in [3.05, 3.63) is 60.3 Å². The van der Waals surface area contributed by atoms with E-state index < -0.39 is 0 Å². The molecule has 0 bridgehead atoms. The van der Waals surface area contributed by atoms with E-state index in [0.717, 1.165) is 16.7 Å². The Morgan fingerprint density at radius 2 is 1.85 bits per heavy atom. The summed E-state index contributed by atoms with van der Waals surface area (Å²) in [6.45, 7) is 0. The number of esters is 1. The number of methoxy groups -OCH3 is 1. The Bertz CT molecular complexity index is 747. The van der Waals surface area contributed by atoms with Gasteiger partial charge in [0.2, 0.25) is 0 Å². The minimum absolute atomic E-state index is 0.367. The Kier molecular flexibility index (Phi) is 3.13. The first-order valence-electron chi connectivity index (χ1n) is 6.20. The average molecular weight is 267 g/mol. The third kappa shape index (κ3) is 2.23. The zero-order valence-electron chi connectivity index (χ0n) is 10.9. The number of rotatable bonds is 3. The number of benzene rings is 2. The molecule has 100 valence electrons. The molecule has 1 aromatic heterocycles. The monoisotopic (exact) mass is 267 g/mol. The molecule has 0 unspecified atom stereocenters. The molecule has 0 aliphatic carbocycles. The second-order valence-electron chi connectivity index (χ2n) is 4.32. The van der Waals surface area contributed by atoms with Crippen LogP contribution in [-0.4, -0.2) is 18.1 Å². The topological polar surface area (TPSA) is 51.3 Å². The summed E-state index contributed by atoms with van der Waals surface area (Å²) in [5.41, 5.74) is 1.37. The van der Waals surface area contributed by atoms with Gasteiger partial charge in [0, 0.05) is 17.1 Å². The first-order chi connectivity index (χ1) is 9.78. The molecule has 4 heteroatoms. The Balaban J connectivity index is 1.99. The summed E-state index contributed by atoms with van der Waals surface area (Å²) in [4.78, 5) is 14.7. The molecular weight excluding hydrogens is 254 g/mol. The molecule has 0 spiro atoms. The smallest absolute Gasteiger partial charge is 0.340 e. The minimum Gasteiger partial charge on any atom is -0.465 e. The van der Waals surface area contributed by atoms with E-state index in [1.165, 1.54) is 7.11 Å². The predicted molar refractivity (Wildman–Crippen MR) is 76.2 cm³/mol. The second kappa shape index (κ2) is 5.09. The van der Waals surface area contributed by atoms with Crippen LogP contribution in [0.5, 0.6) is 11.5 Å². The van der Waals surface area contributed by atoms with Crippen molar-refractivity contribution >= 4 is 16.9 Å². The van der Waals surface area contributed by atoms with Crippen LogP contribution in [0.15, 0.2) is 54.7 Å². The number of carbonyl (C=O) groups is 1. The summed E-state index contributed by atoms with van der Waals surface area (Å²) in [5, 5.41) is 0.783. The Morgan fingerprint density at radius 3 is 2.60 bits per heavy atom. The molecule has 0 fully saturated rings. The van der Waals surface area contributed by atoms with Crippen molar-refractivity contribution in [3.63, 3.8) is 0 Å². The van der Waals surface area contributed by atoms with Crippen LogP contribution in [0.2, 0.25) is 0 Å². The average Bonchev–Trinajstić information content (AvgIpc) is 2.91. The zero-order chi connectivity index (χ0) is 13.9. The number of ether oxygens (including phenoxy) is 2. The van der Waals surface area contributed by atoms with Crippen molar-refractivity contribution in [1.29, 1.82) is 0 Å². The number of hydrogen-bond acceptors (Lipinski definition) is 3. The van der Waals surface area contributed by atoms with E-state index in [4.69, 9.17) is 9.47 Å². The summed E-state index contributed by atoms with van der Waals surface area (Å²) in [7, 11) is 1.37. The zero-order valence-corrected chi connectivity index (χ0v) is 10.9. The molecule has 3 rings (SSSR count). The molecule has 0 saturated heterocycles. The SMILES string of the molecule is COC(=O)c1c[nH]c2ccc(Oc3ccccc3)cc12. The molecule has 0 atom stereocenters. The maximum Gasteiger partial charge on any atom is 0.340 e. The lowest BCUT2D eigenvalue weighted by atomic mass is 10.1. The molecule has 0 aliphatic heterocycles. The summed E-state index contributed by atoms with van der Waals surface area (Å²) >= 11 is 0. The van der Waals surface area contributed by atoms with Crippen LogP contribution >= 0.6 is 0 Å². The minimum atomic E-state index is -0.367.